The van der Waals surface area contributed by atoms with Crippen LogP contribution >= 0.6 is 54.5 Å². The zero-order chi connectivity index (χ0) is 18.4. The third-order valence-corrected chi connectivity index (χ3v) is 4.86. The minimum atomic E-state index is -0.470. The largest absolute Gasteiger partial charge is 0.492 e. The first-order valence-corrected chi connectivity index (χ1v) is 9.91. The van der Waals surface area contributed by atoms with Gasteiger partial charge in [-0.05, 0) is 87.9 Å². The molecule has 0 aromatic heterocycles. The van der Waals surface area contributed by atoms with E-state index in [2.05, 4.69) is 59.8 Å². The first kappa shape index (κ1) is 19.9. The van der Waals surface area contributed by atoms with Gasteiger partial charge in [-0.3, -0.25) is 4.79 Å². The van der Waals surface area contributed by atoms with E-state index < -0.39 is 5.91 Å². The number of hydrogen-bond donors (Lipinski definition) is 1. The van der Waals surface area contributed by atoms with Crippen LogP contribution in [0.1, 0.15) is 12.5 Å². The number of hydrogen-bond acceptors (Lipinski definition) is 3. The molecule has 0 bridgehead atoms. The lowest BCUT2D eigenvalue weighted by Gasteiger charge is -2.11. The van der Waals surface area contributed by atoms with Crippen molar-refractivity contribution in [2.24, 2.45) is 0 Å². The molecular weight excluding hydrogens is 563 g/mol. The zero-order valence-electron chi connectivity index (χ0n) is 13.1. The zero-order valence-corrected chi connectivity index (χ0v) is 18.5. The standard InChI is InChI=1S/C18H13Br2IN2O2/c1-2-25-17-11(8-13(19)9-16(17)20)7-12(10-22)18(24)23-15-5-3-14(21)4-6-15/h3-9H,2H2,1H3,(H,23,24)/b12-7+. The minimum absolute atomic E-state index is 0.00972. The number of rotatable bonds is 5. The summed E-state index contributed by atoms with van der Waals surface area (Å²) in [6.45, 7) is 2.34. The average Bonchev–Trinajstić information content (AvgIpc) is 2.57. The molecule has 0 saturated heterocycles. The third-order valence-electron chi connectivity index (χ3n) is 3.09. The summed E-state index contributed by atoms with van der Waals surface area (Å²) in [5, 5.41) is 12.1. The number of benzene rings is 2. The van der Waals surface area contributed by atoms with Crippen LogP contribution in [0.5, 0.6) is 5.75 Å². The van der Waals surface area contributed by atoms with Crippen LogP contribution in [0.15, 0.2) is 50.9 Å². The number of nitriles is 1. The third kappa shape index (κ3) is 5.56. The lowest BCUT2D eigenvalue weighted by atomic mass is 10.1. The molecule has 2 aromatic rings. The predicted molar refractivity (Wildman–Crippen MR) is 114 cm³/mol. The molecule has 0 spiro atoms. The van der Waals surface area contributed by atoms with Crippen LogP contribution in [0.2, 0.25) is 0 Å². The molecule has 1 N–H and O–H groups in total. The molecule has 2 aromatic carbocycles. The fourth-order valence-electron chi connectivity index (χ4n) is 2.02. The van der Waals surface area contributed by atoms with Gasteiger partial charge in [0.15, 0.2) is 0 Å². The number of anilines is 1. The van der Waals surface area contributed by atoms with E-state index in [9.17, 15) is 10.1 Å². The molecule has 0 aliphatic heterocycles. The summed E-state index contributed by atoms with van der Waals surface area (Å²) >= 11 is 9.03. The van der Waals surface area contributed by atoms with Gasteiger partial charge in [-0.2, -0.15) is 5.26 Å². The van der Waals surface area contributed by atoms with Gasteiger partial charge in [-0.25, -0.2) is 0 Å². The molecule has 0 unspecified atom stereocenters. The molecule has 1 amide bonds. The first-order chi connectivity index (χ1) is 11.9. The minimum Gasteiger partial charge on any atom is -0.492 e. The Morgan fingerprint density at radius 1 is 1.32 bits per heavy atom. The van der Waals surface area contributed by atoms with Crippen LogP contribution in [0, 0.1) is 14.9 Å². The van der Waals surface area contributed by atoms with Crippen LogP contribution in [-0.2, 0) is 4.79 Å². The van der Waals surface area contributed by atoms with Crippen molar-refractivity contribution in [3.63, 3.8) is 0 Å². The van der Waals surface area contributed by atoms with E-state index in [4.69, 9.17) is 4.74 Å². The van der Waals surface area contributed by atoms with E-state index in [0.29, 0.717) is 23.6 Å². The lowest BCUT2D eigenvalue weighted by Crippen LogP contribution is -2.13. The maximum absolute atomic E-state index is 12.4. The molecule has 25 heavy (non-hydrogen) atoms. The number of nitrogens with one attached hydrogen (secondary N) is 1. The monoisotopic (exact) mass is 574 g/mol. The molecule has 0 heterocycles. The molecule has 0 radical (unpaired) electrons. The quantitative estimate of drug-likeness (QED) is 0.280. The SMILES string of the molecule is CCOc1c(Br)cc(Br)cc1/C=C(\C#N)C(=O)Nc1ccc(I)cc1. The maximum Gasteiger partial charge on any atom is 0.266 e. The number of nitrogens with zero attached hydrogens (tertiary/aromatic N) is 1. The van der Waals surface area contributed by atoms with Gasteiger partial charge < -0.3 is 10.1 Å². The van der Waals surface area contributed by atoms with Gasteiger partial charge in [0.25, 0.3) is 5.91 Å². The van der Waals surface area contributed by atoms with Crippen molar-refractivity contribution in [1.29, 1.82) is 5.26 Å². The second-order valence-electron chi connectivity index (χ2n) is 4.87. The van der Waals surface area contributed by atoms with E-state index >= 15 is 0 Å². The Morgan fingerprint density at radius 2 is 2.00 bits per heavy atom. The summed E-state index contributed by atoms with van der Waals surface area (Å²) in [7, 11) is 0. The molecule has 0 saturated carbocycles. The van der Waals surface area contributed by atoms with Crippen molar-refractivity contribution >= 4 is 72.1 Å². The fourth-order valence-corrected chi connectivity index (χ4v) is 3.75. The molecule has 7 heteroatoms. The number of ether oxygens (including phenoxy) is 1. The van der Waals surface area contributed by atoms with Gasteiger partial charge in [0.05, 0.1) is 11.1 Å². The smallest absolute Gasteiger partial charge is 0.266 e. The lowest BCUT2D eigenvalue weighted by molar-refractivity contribution is -0.112. The molecular formula is C18H13Br2IN2O2. The van der Waals surface area contributed by atoms with Crippen LogP contribution in [-0.4, -0.2) is 12.5 Å². The Balaban J connectivity index is 2.35. The topological polar surface area (TPSA) is 62.1 Å². The summed E-state index contributed by atoms with van der Waals surface area (Å²) in [4.78, 5) is 12.4. The Morgan fingerprint density at radius 3 is 2.60 bits per heavy atom. The second-order valence-corrected chi connectivity index (χ2v) is 7.89. The van der Waals surface area contributed by atoms with E-state index in [-0.39, 0.29) is 5.57 Å². The van der Waals surface area contributed by atoms with Crippen molar-refractivity contribution in [2.75, 3.05) is 11.9 Å². The molecule has 0 aliphatic rings. The average molecular weight is 576 g/mol. The van der Waals surface area contributed by atoms with Crippen LogP contribution in [0.25, 0.3) is 6.08 Å². The van der Waals surface area contributed by atoms with Gasteiger partial charge in [0.1, 0.15) is 17.4 Å². The number of amides is 1. The highest BCUT2D eigenvalue weighted by atomic mass is 127. The molecule has 0 fully saturated rings. The number of halogens is 3. The van der Waals surface area contributed by atoms with Gasteiger partial charge in [0.2, 0.25) is 0 Å². The van der Waals surface area contributed by atoms with Gasteiger partial charge in [-0.1, -0.05) is 15.9 Å². The van der Waals surface area contributed by atoms with Gasteiger partial charge in [0, 0.05) is 19.3 Å². The van der Waals surface area contributed by atoms with E-state index in [0.717, 1.165) is 12.5 Å². The summed E-state index contributed by atoms with van der Waals surface area (Å²) < 4.78 is 8.24. The molecule has 4 nitrogen and oxygen atoms in total. The van der Waals surface area contributed by atoms with Crippen molar-refractivity contribution in [1.82, 2.24) is 0 Å². The van der Waals surface area contributed by atoms with Crippen molar-refractivity contribution < 1.29 is 9.53 Å². The van der Waals surface area contributed by atoms with E-state index in [1.54, 1.807) is 18.2 Å². The summed E-state index contributed by atoms with van der Waals surface area (Å²) in [6, 6.07) is 12.9. The first-order valence-electron chi connectivity index (χ1n) is 7.25. The molecule has 0 atom stereocenters. The van der Waals surface area contributed by atoms with Crippen LogP contribution < -0.4 is 10.1 Å². The van der Waals surface area contributed by atoms with Gasteiger partial charge in [-0.15, -0.1) is 0 Å². The highest BCUT2D eigenvalue weighted by molar-refractivity contribution is 14.1. The Labute approximate surface area is 176 Å². The van der Waals surface area contributed by atoms with Crippen LogP contribution in [0.4, 0.5) is 5.69 Å². The van der Waals surface area contributed by atoms with Crippen LogP contribution in [0.3, 0.4) is 0 Å². The maximum atomic E-state index is 12.4. The molecule has 128 valence electrons. The summed E-state index contributed by atoms with van der Waals surface area (Å²) in [5.41, 5.74) is 1.26. The van der Waals surface area contributed by atoms with E-state index in [1.807, 2.05) is 31.2 Å². The molecule has 2 rings (SSSR count). The summed E-state index contributed by atoms with van der Waals surface area (Å²) in [5.74, 6) is 0.114. The Kier molecular flexibility index (Phi) is 7.47. The van der Waals surface area contributed by atoms with Crippen molar-refractivity contribution in [3.05, 3.63) is 60.1 Å². The highest BCUT2D eigenvalue weighted by Crippen LogP contribution is 2.34. The highest BCUT2D eigenvalue weighted by Gasteiger charge is 2.14. The number of carbonyl (C=O) groups is 1. The van der Waals surface area contributed by atoms with E-state index in [1.165, 1.54) is 6.08 Å². The Bertz CT molecular complexity index is 859. The molecule has 0 aliphatic carbocycles. The van der Waals surface area contributed by atoms with Crippen molar-refractivity contribution in [3.8, 4) is 11.8 Å². The fraction of sp³-hybridized carbons (Fsp3) is 0.111. The Hall–Kier alpha value is -1.37. The number of carbonyl (C=O) groups excluding carboxylic acids is 1. The normalized spacial score (nSPS) is 10.9. The van der Waals surface area contributed by atoms with Crippen molar-refractivity contribution in [2.45, 2.75) is 6.92 Å². The van der Waals surface area contributed by atoms with Gasteiger partial charge >= 0.3 is 0 Å². The second kappa shape index (κ2) is 9.36. The predicted octanol–water partition coefficient (Wildman–Crippen LogP) is 5.76. The summed E-state index contributed by atoms with van der Waals surface area (Å²) in [6.07, 6.45) is 1.52.